The van der Waals surface area contributed by atoms with Crippen LogP contribution in [0.2, 0.25) is 0 Å². The number of aryl methyl sites for hydroxylation is 1. The van der Waals surface area contributed by atoms with E-state index in [1.54, 1.807) is 18.5 Å². The van der Waals surface area contributed by atoms with Crippen molar-refractivity contribution in [3.8, 4) is 0 Å². The quantitative estimate of drug-likeness (QED) is 0.796. The van der Waals surface area contributed by atoms with Gasteiger partial charge in [0.15, 0.2) is 0 Å². The predicted molar refractivity (Wildman–Crippen MR) is 112 cm³/mol. The average molecular weight is 396 g/mol. The highest BCUT2D eigenvalue weighted by molar-refractivity contribution is 5.93. The maximum atomic E-state index is 13.1. The van der Waals surface area contributed by atoms with Gasteiger partial charge in [0, 0.05) is 50.7 Å². The Hall–Kier alpha value is -2.77. The molecule has 0 atom stereocenters. The summed E-state index contributed by atoms with van der Waals surface area (Å²) in [5.74, 6) is 2.08. The zero-order valence-corrected chi connectivity index (χ0v) is 17.0. The number of nitrogens with zero attached hydrogens (tertiary/aromatic N) is 6. The van der Waals surface area contributed by atoms with Crippen molar-refractivity contribution in [2.75, 3.05) is 36.4 Å². The number of piperazine rings is 1. The molecule has 2 aliphatic rings. The average Bonchev–Trinajstić information content (AvgIpc) is 3.02. The van der Waals surface area contributed by atoms with E-state index in [9.17, 15) is 4.79 Å². The van der Waals surface area contributed by atoms with Crippen LogP contribution in [-0.4, -0.2) is 63.0 Å². The van der Waals surface area contributed by atoms with Crippen LogP contribution in [0, 0.1) is 6.92 Å². The molecule has 2 aromatic heterocycles. The van der Waals surface area contributed by atoms with Gasteiger partial charge in [-0.2, -0.15) is 0 Å². The summed E-state index contributed by atoms with van der Waals surface area (Å²) in [6.07, 6.45) is 10.9. The lowest BCUT2D eigenvalue weighted by molar-refractivity contribution is 0.0740. The number of anilines is 2. The Kier molecular flexibility index (Phi) is 6.17. The molecule has 29 heavy (non-hydrogen) atoms. The van der Waals surface area contributed by atoms with Crippen molar-refractivity contribution in [1.82, 2.24) is 24.8 Å². The Morgan fingerprint density at radius 3 is 2.38 bits per heavy atom. The zero-order valence-electron chi connectivity index (χ0n) is 17.0. The van der Waals surface area contributed by atoms with Gasteiger partial charge in [0.2, 0.25) is 5.95 Å². The molecule has 1 aliphatic carbocycles. The molecule has 2 fully saturated rings. The summed E-state index contributed by atoms with van der Waals surface area (Å²) >= 11 is 0. The fraction of sp³-hybridized carbons (Fsp3) is 0.571. The van der Waals surface area contributed by atoms with Crippen LogP contribution in [0.15, 0.2) is 24.5 Å². The second-order valence-corrected chi connectivity index (χ2v) is 7.85. The number of hydrogen-bond acceptors (Lipinski definition) is 7. The van der Waals surface area contributed by atoms with Gasteiger partial charge in [-0.3, -0.25) is 4.79 Å². The van der Waals surface area contributed by atoms with Gasteiger partial charge < -0.3 is 15.1 Å². The van der Waals surface area contributed by atoms with Gasteiger partial charge in [-0.25, -0.2) is 19.9 Å². The highest BCUT2D eigenvalue weighted by Gasteiger charge is 2.25. The molecule has 0 unspecified atom stereocenters. The monoisotopic (exact) mass is 395 g/mol. The summed E-state index contributed by atoms with van der Waals surface area (Å²) in [4.78, 5) is 34.5. The van der Waals surface area contributed by atoms with Crippen molar-refractivity contribution < 1.29 is 4.79 Å². The van der Waals surface area contributed by atoms with Crippen LogP contribution in [0.25, 0.3) is 0 Å². The van der Waals surface area contributed by atoms with Crippen LogP contribution in [0.4, 0.5) is 11.8 Å². The first-order chi connectivity index (χ1) is 14.2. The van der Waals surface area contributed by atoms with E-state index in [1.807, 2.05) is 17.9 Å². The molecule has 1 saturated heterocycles. The highest BCUT2D eigenvalue weighted by atomic mass is 16.2. The number of rotatable bonds is 4. The topological polar surface area (TPSA) is 87.1 Å². The third-order valence-electron chi connectivity index (χ3n) is 5.67. The van der Waals surface area contributed by atoms with E-state index in [1.165, 1.54) is 25.7 Å². The van der Waals surface area contributed by atoms with Gasteiger partial charge >= 0.3 is 0 Å². The molecule has 1 amide bonds. The first-order valence-corrected chi connectivity index (χ1v) is 10.6. The Morgan fingerprint density at radius 2 is 1.69 bits per heavy atom. The second-order valence-electron chi connectivity index (χ2n) is 7.85. The number of carbonyl (C=O) groups is 1. The Balaban J connectivity index is 1.40. The van der Waals surface area contributed by atoms with E-state index in [-0.39, 0.29) is 5.91 Å². The fourth-order valence-electron chi connectivity index (χ4n) is 4.11. The molecule has 0 bridgehead atoms. The Morgan fingerprint density at radius 1 is 1.00 bits per heavy atom. The molecular weight excluding hydrogens is 366 g/mol. The van der Waals surface area contributed by atoms with Crippen molar-refractivity contribution >= 4 is 17.7 Å². The van der Waals surface area contributed by atoms with Crippen LogP contribution in [-0.2, 0) is 0 Å². The van der Waals surface area contributed by atoms with Crippen molar-refractivity contribution in [2.24, 2.45) is 0 Å². The first kappa shape index (κ1) is 19.5. The molecule has 3 heterocycles. The molecule has 0 radical (unpaired) electrons. The smallest absolute Gasteiger partial charge is 0.272 e. The van der Waals surface area contributed by atoms with Crippen LogP contribution >= 0.6 is 0 Å². The van der Waals surface area contributed by atoms with E-state index >= 15 is 0 Å². The van der Waals surface area contributed by atoms with Crippen LogP contribution in [0.5, 0.6) is 0 Å². The molecule has 2 aromatic rings. The summed E-state index contributed by atoms with van der Waals surface area (Å²) in [5, 5.41) is 3.54. The number of carbonyl (C=O) groups excluding carboxylic acids is 1. The summed E-state index contributed by atoms with van der Waals surface area (Å²) < 4.78 is 0. The minimum atomic E-state index is -0.0342. The summed E-state index contributed by atoms with van der Waals surface area (Å²) in [7, 11) is 0. The predicted octanol–water partition coefficient (Wildman–Crippen LogP) is 2.67. The van der Waals surface area contributed by atoms with Gasteiger partial charge in [0.05, 0.1) is 0 Å². The fourth-order valence-corrected chi connectivity index (χ4v) is 4.11. The number of aromatic nitrogens is 4. The van der Waals surface area contributed by atoms with Gasteiger partial charge in [-0.15, -0.1) is 0 Å². The lowest BCUT2D eigenvalue weighted by atomic mass is 10.1. The minimum absolute atomic E-state index is 0.0342. The molecule has 1 saturated carbocycles. The van der Waals surface area contributed by atoms with E-state index in [0.29, 0.717) is 49.7 Å². The molecule has 1 N–H and O–H groups in total. The third-order valence-corrected chi connectivity index (χ3v) is 5.67. The van der Waals surface area contributed by atoms with E-state index in [0.717, 1.165) is 18.7 Å². The highest BCUT2D eigenvalue weighted by Crippen LogP contribution is 2.21. The van der Waals surface area contributed by atoms with Crippen molar-refractivity contribution in [2.45, 2.75) is 51.5 Å². The number of nitrogens with one attached hydrogen (secondary N) is 1. The lowest BCUT2D eigenvalue weighted by Gasteiger charge is -2.34. The standard InChI is InChI=1S/C21H29N7O/c1-16-24-18(15-19(25-16)26-17-7-4-2-3-5-8-17)20(29)27-11-13-28(14-12-27)21-22-9-6-10-23-21/h6,9-10,15,17H,2-5,7-8,11-14H2,1H3,(H,24,25,26). The Labute approximate surface area is 171 Å². The molecule has 1 aliphatic heterocycles. The van der Waals surface area contributed by atoms with Gasteiger partial charge in [-0.1, -0.05) is 25.7 Å². The normalized spacial score (nSPS) is 18.4. The van der Waals surface area contributed by atoms with Crippen molar-refractivity contribution in [3.63, 3.8) is 0 Å². The maximum absolute atomic E-state index is 13.1. The molecule has 154 valence electrons. The SMILES string of the molecule is Cc1nc(NC2CCCCCC2)cc(C(=O)N2CCN(c3ncccn3)CC2)n1. The first-order valence-electron chi connectivity index (χ1n) is 10.6. The van der Waals surface area contributed by atoms with Crippen LogP contribution < -0.4 is 10.2 Å². The van der Waals surface area contributed by atoms with Gasteiger partial charge in [0.1, 0.15) is 17.3 Å². The molecule has 8 nitrogen and oxygen atoms in total. The largest absolute Gasteiger partial charge is 0.367 e. The van der Waals surface area contributed by atoms with E-state index < -0.39 is 0 Å². The minimum Gasteiger partial charge on any atom is -0.367 e. The summed E-state index contributed by atoms with van der Waals surface area (Å²) in [6.45, 7) is 4.54. The summed E-state index contributed by atoms with van der Waals surface area (Å²) in [6, 6.07) is 4.05. The Bertz CT molecular complexity index is 813. The second kappa shape index (κ2) is 9.15. The third kappa shape index (κ3) is 4.99. The lowest BCUT2D eigenvalue weighted by Crippen LogP contribution is -2.49. The number of hydrogen-bond donors (Lipinski definition) is 1. The van der Waals surface area contributed by atoms with Crippen molar-refractivity contribution in [3.05, 3.63) is 36.0 Å². The molecule has 0 spiro atoms. The maximum Gasteiger partial charge on any atom is 0.272 e. The summed E-state index contributed by atoms with van der Waals surface area (Å²) in [5.41, 5.74) is 0.470. The van der Waals surface area contributed by atoms with Crippen molar-refractivity contribution in [1.29, 1.82) is 0 Å². The molecule has 4 rings (SSSR count). The van der Waals surface area contributed by atoms with Crippen LogP contribution in [0.3, 0.4) is 0 Å². The number of amides is 1. The van der Waals surface area contributed by atoms with Crippen LogP contribution in [0.1, 0.15) is 54.8 Å². The van der Waals surface area contributed by atoms with E-state index in [2.05, 4.69) is 30.2 Å². The van der Waals surface area contributed by atoms with Gasteiger partial charge in [-0.05, 0) is 25.8 Å². The molecular formula is C21H29N7O. The molecule has 8 heteroatoms. The molecule has 0 aromatic carbocycles. The van der Waals surface area contributed by atoms with Gasteiger partial charge in [0.25, 0.3) is 5.91 Å². The van der Waals surface area contributed by atoms with E-state index in [4.69, 9.17) is 0 Å². The zero-order chi connectivity index (χ0) is 20.1.